The van der Waals surface area contributed by atoms with Gasteiger partial charge in [-0.25, -0.2) is 0 Å². The molecule has 0 heterocycles. The predicted molar refractivity (Wildman–Crippen MR) is 32.1 cm³/mol. The van der Waals surface area contributed by atoms with E-state index in [4.69, 9.17) is 30.1 Å². The van der Waals surface area contributed by atoms with Crippen LogP contribution in [0.25, 0.3) is 0 Å². The van der Waals surface area contributed by atoms with Crippen molar-refractivity contribution < 1.29 is 43.1 Å². The summed E-state index contributed by atoms with van der Waals surface area (Å²) in [5, 5.41) is 49.8. The van der Waals surface area contributed by atoms with Crippen LogP contribution in [0.5, 0.6) is 0 Å². The number of halogens is 3. The Morgan fingerprint density at radius 2 is 0.571 bits per heavy atom. The van der Waals surface area contributed by atoms with Gasteiger partial charge in [0, 0.05) is 0 Å². The van der Waals surface area contributed by atoms with Gasteiger partial charge in [0.05, 0.1) is 0 Å². The molecule has 0 aliphatic heterocycles. The topological polar surface area (TPSA) is 138 Å². The molecule has 0 aliphatic rings. The minimum absolute atomic E-state index is 0. The van der Waals surface area contributed by atoms with Crippen molar-refractivity contribution in [2.75, 3.05) is 0 Å². The minimum Gasteiger partial charge on any atom is -0.867 e. The standard InChI is InChI=1S/3BFO2.Pb.Sn/c3*2-1(3)4;;/q3*-2;+2;+4. The zero-order valence-electron chi connectivity index (χ0n) is 6.32. The van der Waals surface area contributed by atoms with Crippen LogP contribution in [0, 0.1) is 0 Å². The molecule has 14 heteroatoms. The van der Waals surface area contributed by atoms with Gasteiger partial charge in [-0.05, 0) is 0 Å². The van der Waals surface area contributed by atoms with E-state index >= 15 is 0 Å². The van der Waals surface area contributed by atoms with E-state index in [1.165, 1.54) is 0 Å². The molecular formula is B3F3O6PbSn. The molecule has 0 unspecified atom stereocenters. The quantitative estimate of drug-likeness (QED) is 0.296. The van der Waals surface area contributed by atoms with Crippen molar-refractivity contribution in [1.29, 1.82) is 0 Å². The molecule has 0 aromatic carbocycles. The molecule has 0 rings (SSSR count). The Kier molecular flexibility index (Phi) is 50.5. The van der Waals surface area contributed by atoms with Crippen molar-refractivity contribution in [3.05, 3.63) is 0 Å². The van der Waals surface area contributed by atoms with Gasteiger partial charge in [-0.1, -0.05) is 0 Å². The van der Waals surface area contributed by atoms with Crippen LogP contribution in [0.3, 0.4) is 0 Å². The van der Waals surface area contributed by atoms with Crippen LogP contribution >= 0.6 is 0 Å². The van der Waals surface area contributed by atoms with E-state index in [0.29, 0.717) is 0 Å². The Labute approximate surface area is 116 Å². The smallest absolute Gasteiger partial charge is 0.867 e. The summed E-state index contributed by atoms with van der Waals surface area (Å²) in [6, 6.07) is 0. The zero-order valence-corrected chi connectivity index (χ0v) is 13.1. The van der Waals surface area contributed by atoms with Gasteiger partial charge in [0.2, 0.25) is 0 Å². The molecular weight excluding hydrogens is 511 g/mol. The Morgan fingerprint density at radius 3 is 0.571 bits per heavy atom. The normalized spacial score (nSPS) is 5.79. The maximum atomic E-state index is 9.89. The maximum absolute atomic E-state index is 9.89. The van der Waals surface area contributed by atoms with Gasteiger partial charge < -0.3 is 43.1 Å². The first-order chi connectivity index (χ1) is 5.20. The van der Waals surface area contributed by atoms with Crippen LogP contribution in [-0.2, 0) is 0 Å². The second kappa shape index (κ2) is 23.9. The van der Waals surface area contributed by atoms with Crippen LogP contribution in [0.15, 0.2) is 0 Å². The summed E-state index contributed by atoms with van der Waals surface area (Å²) in [5.74, 6) is 0. The first-order valence-electron chi connectivity index (χ1n) is 2.07. The monoisotopic (exact) mass is 514 g/mol. The first kappa shape index (κ1) is 29.5. The van der Waals surface area contributed by atoms with Gasteiger partial charge in [0.25, 0.3) is 0 Å². The maximum Gasteiger partial charge on any atom is 4.00 e. The minimum atomic E-state index is -3.17. The molecule has 0 N–H and O–H groups in total. The van der Waals surface area contributed by atoms with E-state index in [2.05, 4.69) is 0 Å². The van der Waals surface area contributed by atoms with Crippen LogP contribution in [0.1, 0.15) is 0 Å². The molecule has 0 amide bonds. The largest absolute Gasteiger partial charge is 4.00 e. The molecule has 0 saturated heterocycles. The third kappa shape index (κ3) is 974. The fourth-order valence-electron chi connectivity index (χ4n) is 0. The molecule has 0 saturated carbocycles. The van der Waals surface area contributed by atoms with Crippen molar-refractivity contribution in [2.24, 2.45) is 0 Å². The van der Waals surface area contributed by atoms with Gasteiger partial charge >= 0.3 is 51.2 Å². The van der Waals surface area contributed by atoms with Crippen molar-refractivity contribution in [2.45, 2.75) is 0 Å². The molecule has 0 bridgehead atoms. The van der Waals surface area contributed by atoms with Crippen molar-refractivity contribution >= 4 is 73.4 Å². The number of hydrogen-bond donors (Lipinski definition) is 0. The zero-order chi connectivity index (χ0) is 10.7. The summed E-state index contributed by atoms with van der Waals surface area (Å²) in [4.78, 5) is 0. The molecule has 6 nitrogen and oxygen atoms in total. The molecule has 0 spiro atoms. The number of hydrogen-bond acceptors (Lipinski definition) is 6. The number of rotatable bonds is 0. The average Bonchev–Trinajstić information content (AvgIpc) is 1.54. The van der Waals surface area contributed by atoms with Gasteiger partial charge in [0.15, 0.2) is 0 Å². The van der Waals surface area contributed by atoms with E-state index in [9.17, 15) is 12.9 Å². The Morgan fingerprint density at radius 1 is 0.571 bits per heavy atom. The van der Waals surface area contributed by atoms with E-state index in [1.54, 1.807) is 0 Å². The first-order valence-corrected chi connectivity index (χ1v) is 2.07. The summed E-state index contributed by atoms with van der Waals surface area (Å²) in [5.41, 5.74) is 0. The van der Waals surface area contributed by atoms with E-state index < -0.39 is 22.2 Å². The third-order valence-corrected chi connectivity index (χ3v) is 0. The summed E-state index contributed by atoms with van der Waals surface area (Å²) in [7, 11) is -9.50. The van der Waals surface area contributed by atoms with Crippen LogP contribution in [0.2, 0.25) is 0 Å². The molecule has 0 aromatic rings. The Hall–Kier alpha value is 1.47. The van der Waals surface area contributed by atoms with Gasteiger partial charge in [-0.3, -0.25) is 0 Å². The molecule has 0 aliphatic carbocycles. The van der Waals surface area contributed by atoms with E-state index in [0.717, 1.165) is 0 Å². The fourth-order valence-corrected chi connectivity index (χ4v) is 0. The Balaban J connectivity index is -0.0000000270. The molecule has 0 aromatic heterocycles. The summed E-state index contributed by atoms with van der Waals surface area (Å²) >= 11 is 0. The molecule has 2 radical (unpaired) electrons. The van der Waals surface area contributed by atoms with E-state index in [-0.39, 0.29) is 51.2 Å². The van der Waals surface area contributed by atoms with Crippen LogP contribution < -0.4 is 30.1 Å². The molecule has 0 atom stereocenters. The Bertz CT molecular complexity index is 56.8. The van der Waals surface area contributed by atoms with Crippen LogP contribution in [0.4, 0.5) is 12.9 Å². The van der Waals surface area contributed by atoms with Crippen molar-refractivity contribution in [3.63, 3.8) is 0 Å². The van der Waals surface area contributed by atoms with Gasteiger partial charge in [-0.2, -0.15) is 0 Å². The van der Waals surface area contributed by atoms with Crippen LogP contribution in [-0.4, -0.2) is 73.4 Å². The van der Waals surface area contributed by atoms with Gasteiger partial charge in [0.1, 0.15) is 22.2 Å². The summed E-state index contributed by atoms with van der Waals surface area (Å²) < 4.78 is 29.7. The molecule has 74 valence electrons. The summed E-state index contributed by atoms with van der Waals surface area (Å²) in [6.45, 7) is 0. The third-order valence-electron chi connectivity index (χ3n) is 0. The van der Waals surface area contributed by atoms with Crippen molar-refractivity contribution in [3.8, 4) is 0 Å². The van der Waals surface area contributed by atoms with E-state index in [1.807, 2.05) is 0 Å². The fraction of sp³-hybridized carbons (Fsp3) is 0. The van der Waals surface area contributed by atoms with Gasteiger partial charge in [-0.15, -0.1) is 0 Å². The predicted octanol–water partition coefficient (Wildman–Crippen LogP) is -7.78. The second-order valence-electron chi connectivity index (χ2n) is 0.823. The molecule has 14 heavy (non-hydrogen) atoms. The average molecular weight is 511 g/mol. The SMILES string of the molecule is [O-]B([O-])F.[O-]B([O-])F.[O-]B([O-])F.[Pb+2].[Sn+4]. The van der Waals surface area contributed by atoms with Crippen molar-refractivity contribution in [1.82, 2.24) is 0 Å². The summed E-state index contributed by atoms with van der Waals surface area (Å²) in [6.07, 6.45) is 0. The molecule has 0 fully saturated rings. The second-order valence-corrected chi connectivity index (χ2v) is 0.823.